The molecule has 5 atom stereocenters. The minimum atomic E-state index is -1.51. The van der Waals surface area contributed by atoms with E-state index in [1.807, 2.05) is 0 Å². The van der Waals surface area contributed by atoms with Gasteiger partial charge in [-0.1, -0.05) is 0 Å². The maximum atomic E-state index is 9.12. The summed E-state index contributed by atoms with van der Waals surface area (Å²) in [4.78, 5) is 0. The summed E-state index contributed by atoms with van der Waals surface area (Å²) in [6.07, 6.45) is -6.75. The Kier molecular flexibility index (Phi) is 2.99. The van der Waals surface area contributed by atoms with Crippen LogP contribution < -0.4 is 0 Å². The lowest BCUT2D eigenvalue weighted by atomic mass is 10.1. The van der Waals surface area contributed by atoms with Crippen LogP contribution in [0, 0.1) is 0 Å². The molecule has 0 spiro atoms. The lowest BCUT2D eigenvalue weighted by molar-refractivity contribution is -0.150. The summed E-state index contributed by atoms with van der Waals surface area (Å²) in [6.45, 7) is -0.596. The Morgan fingerprint density at radius 3 is 2.08 bits per heavy atom. The number of hydrogen-bond donors (Lipinski definition) is 5. The van der Waals surface area contributed by atoms with E-state index >= 15 is 0 Å². The molecule has 1 fully saturated rings. The Balaban J connectivity index is 2.58. The Hall–Kier alpha value is -0.240. The van der Waals surface area contributed by atoms with E-state index in [-0.39, 0.29) is 0 Å². The van der Waals surface area contributed by atoms with Gasteiger partial charge in [-0.25, -0.2) is 0 Å². The van der Waals surface area contributed by atoms with Crippen LogP contribution in [0.2, 0.25) is 0 Å². The standard InChI is InChI=1S/C6H12O6/c7-1-2(8)5-3(9)4(10)6(11)12-5/h2-11H,1H2/t2?,3-,4-,5-,6?/m1/s1. The summed E-state index contributed by atoms with van der Waals surface area (Å²) in [5.41, 5.74) is 0. The summed E-state index contributed by atoms with van der Waals surface area (Å²) in [5, 5.41) is 44.4. The van der Waals surface area contributed by atoms with E-state index in [4.69, 9.17) is 25.5 Å². The van der Waals surface area contributed by atoms with E-state index in [2.05, 4.69) is 4.74 Å². The van der Waals surface area contributed by atoms with Crippen molar-refractivity contribution in [2.75, 3.05) is 6.61 Å². The van der Waals surface area contributed by atoms with Gasteiger partial charge in [0.1, 0.15) is 24.4 Å². The highest BCUT2D eigenvalue weighted by Gasteiger charge is 2.44. The van der Waals surface area contributed by atoms with Crippen LogP contribution in [-0.2, 0) is 4.74 Å². The first-order valence-corrected chi connectivity index (χ1v) is 3.56. The summed E-state index contributed by atoms with van der Waals surface area (Å²) >= 11 is 0. The third kappa shape index (κ3) is 1.58. The summed E-state index contributed by atoms with van der Waals surface area (Å²) in [5.74, 6) is 0. The van der Waals surface area contributed by atoms with Crippen molar-refractivity contribution in [2.24, 2.45) is 0 Å². The van der Waals surface area contributed by atoms with E-state index in [1.165, 1.54) is 0 Å². The average Bonchev–Trinajstić information content (AvgIpc) is 2.32. The van der Waals surface area contributed by atoms with E-state index in [0.29, 0.717) is 0 Å². The maximum Gasteiger partial charge on any atom is 0.184 e. The van der Waals surface area contributed by atoms with Crippen LogP contribution in [-0.4, -0.2) is 62.8 Å². The Morgan fingerprint density at radius 2 is 1.75 bits per heavy atom. The fraction of sp³-hybridized carbons (Fsp3) is 1.00. The second-order valence-corrected chi connectivity index (χ2v) is 2.72. The topological polar surface area (TPSA) is 110 Å². The van der Waals surface area contributed by atoms with Gasteiger partial charge < -0.3 is 30.3 Å². The lowest BCUT2D eigenvalue weighted by Gasteiger charge is -2.18. The van der Waals surface area contributed by atoms with Crippen LogP contribution in [0.25, 0.3) is 0 Å². The molecular formula is C6H12O6. The van der Waals surface area contributed by atoms with Crippen molar-refractivity contribution < 1.29 is 30.3 Å². The molecule has 2 unspecified atom stereocenters. The van der Waals surface area contributed by atoms with Gasteiger partial charge in [-0.05, 0) is 0 Å². The van der Waals surface area contributed by atoms with Gasteiger partial charge in [-0.15, -0.1) is 0 Å². The molecule has 12 heavy (non-hydrogen) atoms. The normalized spacial score (nSPS) is 44.8. The number of aliphatic hydroxyl groups excluding tert-OH is 5. The number of rotatable bonds is 2. The zero-order valence-corrected chi connectivity index (χ0v) is 6.24. The lowest BCUT2D eigenvalue weighted by Crippen LogP contribution is -2.40. The highest BCUT2D eigenvalue weighted by molar-refractivity contribution is 4.89. The van der Waals surface area contributed by atoms with Gasteiger partial charge in [0.05, 0.1) is 6.61 Å². The van der Waals surface area contributed by atoms with Crippen LogP contribution in [0.5, 0.6) is 0 Å². The molecule has 0 amide bonds. The average molecular weight is 180 g/mol. The molecule has 0 aromatic rings. The van der Waals surface area contributed by atoms with Crippen LogP contribution in [0.15, 0.2) is 0 Å². The first-order valence-electron chi connectivity index (χ1n) is 3.56. The molecule has 6 nitrogen and oxygen atoms in total. The molecule has 6 heteroatoms. The van der Waals surface area contributed by atoms with Crippen molar-refractivity contribution in [3.8, 4) is 0 Å². The smallest absolute Gasteiger partial charge is 0.184 e. The SMILES string of the molecule is OCC(O)[C@H]1OC(O)[C@H](O)[C@H]1O. The molecule has 1 aliphatic heterocycles. The third-order valence-corrected chi connectivity index (χ3v) is 1.84. The molecular weight excluding hydrogens is 168 g/mol. The zero-order valence-electron chi connectivity index (χ0n) is 6.24. The fourth-order valence-electron chi connectivity index (χ4n) is 1.11. The van der Waals surface area contributed by atoms with Crippen molar-refractivity contribution in [3.63, 3.8) is 0 Å². The van der Waals surface area contributed by atoms with Crippen LogP contribution in [0.1, 0.15) is 0 Å². The van der Waals surface area contributed by atoms with E-state index in [1.54, 1.807) is 0 Å². The summed E-state index contributed by atoms with van der Waals surface area (Å²) in [6, 6.07) is 0. The maximum absolute atomic E-state index is 9.12. The minimum Gasteiger partial charge on any atom is -0.394 e. The minimum absolute atomic E-state index is 0.596. The van der Waals surface area contributed by atoms with E-state index in [9.17, 15) is 0 Å². The van der Waals surface area contributed by atoms with Gasteiger partial charge in [0, 0.05) is 0 Å². The monoisotopic (exact) mass is 180 g/mol. The zero-order chi connectivity index (χ0) is 9.30. The first kappa shape index (κ1) is 9.85. The quantitative estimate of drug-likeness (QED) is 0.306. The molecule has 0 aromatic carbocycles. The number of hydrogen-bond acceptors (Lipinski definition) is 6. The third-order valence-electron chi connectivity index (χ3n) is 1.84. The van der Waals surface area contributed by atoms with Gasteiger partial charge >= 0.3 is 0 Å². The van der Waals surface area contributed by atoms with Gasteiger partial charge in [-0.3, -0.25) is 0 Å². The molecule has 0 bridgehead atoms. The fourth-order valence-corrected chi connectivity index (χ4v) is 1.11. The predicted molar refractivity (Wildman–Crippen MR) is 36.0 cm³/mol. The molecule has 72 valence electrons. The predicted octanol–water partition coefficient (Wildman–Crippen LogP) is -3.22. The van der Waals surface area contributed by atoms with Crippen LogP contribution in [0.3, 0.4) is 0 Å². The first-order chi connectivity index (χ1) is 5.57. The van der Waals surface area contributed by atoms with Gasteiger partial charge in [0.15, 0.2) is 6.29 Å². The molecule has 1 heterocycles. The number of ether oxygens (including phenoxy) is 1. The largest absolute Gasteiger partial charge is 0.394 e. The molecule has 0 saturated carbocycles. The molecule has 1 saturated heterocycles. The molecule has 1 aliphatic rings. The summed E-state index contributed by atoms with van der Waals surface area (Å²) < 4.78 is 4.58. The van der Waals surface area contributed by atoms with Crippen molar-refractivity contribution >= 4 is 0 Å². The highest BCUT2D eigenvalue weighted by atomic mass is 16.6. The second-order valence-electron chi connectivity index (χ2n) is 2.72. The van der Waals surface area contributed by atoms with Crippen molar-refractivity contribution in [1.82, 2.24) is 0 Å². The van der Waals surface area contributed by atoms with Gasteiger partial charge in [-0.2, -0.15) is 0 Å². The van der Waals surface area contributed by atoms with E-state index in [0.717, 1.165) is 0 Å². The number of aliphatic hydroxyl groups is 5. The second kappa shape index (κ2) is 3.65. The molecule has 0 aliphatic carbocycles. The van der Waals surface area contributed by atoms with Gasteiger partial charge in [0.2, 0.25) is 0 Å². The van der Waals surface area contributed by atoms with Crippen molar-refractivity contribution in [3.05, 3.63) is 0 Å². The van der Waals surface area contributed by atoms with Gasteiger partial charge in [0.25, 0.3) is 0 Å². The highest BCUT2D eigenvalue weighted by Crippen LogP contribution is 2.21. The van der Waals surface area contributed by atoms with Crippen molar-refractivity contribution in [1.29, 1.82) is 0 Å². The van der Waals surface area contributed by atoms with Crippen LogP contribution >= 0.6 is 0 Å². The molecule has 5 N–H and O–H groups in total. The van der Waals surface area contributed by atoms with Crippen molar-refractivity contribution in [2.45, 2.75) is 30.7 Å². The Labute approximate surface area is 68.6 Å². The molecule has 0 radical (unpaired) electrons. The molecule has 0 aromatic heterocycles. The Bertz CT molecular complexity index is 151. The summed E-state index contributed by atoms with van der Waals surface area (Å²) in [7, 11) is 0. The van der Waals surface area contributed by atoms with E-state index < -0.39 is 37.3 Å². The Morgan fingerprint density at radius 1 is 1.17 bits per heavy atom. The molecule has 1 rings (SSSR count). The van der Waals surface area contributed by atoms with Crippen LogP contribution in [0.4, 0.5) is 0 Å².